The molecule has 1 saturated carbocycles. The number of rotatable bonds is 5. The molecule has 2 atom stereocenters. The van der Waals surface area contributed by atoms with Crippen LogP contribution in [-0.4, -0.2) is 31.8 Å². The van der Waals surface area contributed by atoms with E-state index in [0.29, 0.717) is 16.4 Å². The Hall–Kier alpha value is -2.74. The lowest BCUT2D eigenvalue weighted by Crippen LogP contribution is -2.18. The van der Waals surface area contributed by atoms with Crippen molar-refractivity contribution >= 4 is 23.3 Å². The molecule has 1 aromatic carbocycles. The van der Waals surface area contributed by atoms with E-state index in [9.17, 15) is 13.6 Å². The first-order chi connectivity index (χ1) is 12.8. The second-order valence-corrected chi connectivity index (χ2v) is 7.07. The summed E-state index contributed by atoms with van der Waals surface area (Å²) in [5.41, 5.74) is 1.75. The molecule has 1 aliphatic carbocycles. The molecule has 4 rings (SSSR count). The number of alkyl halides is 2. The lowest BCUT2D eigenvalue weighted by molar-refractivity contribution is -0.117. The number of carbonyl (C=O) groups is 1. The van der Waals surface area contributed by atoms with Crippen LogP contribution in [0.2, 0.25) is 5.02 Å². The maximum Gasteiger partial charge on any atom is 0.257 e. The van der Waals surface area contributed by atoms with Crippen molar-refractivity contribution < 1.29 is 13.6 Å². The fourth-order valence-corrected chi connectivity index (χ4v) is 3.01. The van der Waals surface area contributed by atoms with E-state index in [1.165, 1.54) is 6.07 Å². The van der Waals surface area contributed by atoms with Crippen molar-refractivity contribution in [2.45, 2.75) is 31.1 Å². The number of amides is 1. The molecule has 2 aromatic heterocycles. The number of benzene rings is 1. The lowest BCUT2D eigenvalue weighted by Gasteiger charge is -2.08. The average molecular weight is 392 g/mol. The van der Waals surface area contributed by atoms with Crippen LogP contribution >= 0.6 is 11.6 Å². The number of carbonyl (C=O) groups excluding carboxylic acids is 1. The minimum Gasteiger partial charge on any atom is -0.311 e. The van der Waals surface area contributed by atoms with Crippen LogP contribution in [-0.2, 0) is 4.79 Å². The van der Waals surface area contributed by atoms with E-state index in [1.807, 2.05) is 12.1 Å². The Morgan fingerprint density at radius 3 is 2.93 bits per heavy atom. The van der Waals surface area contributed by atoms with Gasteiger partial charge in [-0.1, -0.05) is 17.7 Å². The Kier molecular flexibility index (Phi) is 4.22. The molecule has 9 heteroatoms. The molecule has 2 heterocycles. The Morgan fingerprint density at radius 1 is 1.44 bits per heavy atom. The van der Waals surface area contributed by atoms with Crippen LogP contribution in [0.3, 0.4) is 0 Å². The van der Waals surface area contributed by atoms with E-state index >= 15 is 0 Å². The molecule has 0 saturated heterocycles. The first-order valence-electron chi connectivity index (χ1n) is 8.38. The van der Waals surface area contributed by atoms with Gasteiger partial charge < -0.3 is 5.32 Å². The standard InChI is InChI=1S/C18H16ClF2N5O/c1-10(11-8-22-26(9-11)13-4-2-3-12(19)5-13)17(27)23-16-6-15(24-25-16)14-7-18(14,20)21/h2-6,8-10,14H,7H2,1H3,(H2,23,24,25,27)/t10-,14?/m0/s1. The highest BCUT2D eigenvalue weighted by Gasteiger charge is 2.58. The molecule has 140 valence electrons. The molecule has 3 aromatic rings. The first-order valence-corrected chi connectivity index (χ1v) is 8.76. The normalized spacial score (nSPS) is 18.9. The summed E-state index contributed by atoms with van der Waals surface area (Å²) in [6.07, 6.45) is 3.15. The topological polar surface area (TPSA) is 75.6 Å². The summed E-state index contributed by atoms with van der Waals surface area (Å²) in [6.45, 7) is 1.74. The van der Waals surface area contributed by atoms with Gasteiger partial charge in [0.25, 0.3) is 5.92 Å². The molecule has 0 spiro atoms. The van der Waals surface area contributed by atoms with Gasteiger partial charge in [-0.2, -0.15) is 10.2 Å². The molecule has 0 bridgehead atoms. The number of nitrogens with zero attached hydrogens (tertiary/aromatic N) is 3. The molecule has 6 nitrogen and oxygen atoms in total. The monoisotopic (exact) mass is 391 g/mol. The first kappa shape index (κ1) is 17.7. The fourth-order valence-electron chi connectivity index (χ4n) is 2.83. The molecule has 1 unspecified atom stereocenters. The van der Waals surface area contributed by atoms with Gasteiger partial charge in [-0.05, 0) is 25.1 Å². The van der Waals surface area contributed by atoms with Crippen molar-refractivity contribution in [3.8, 4) is 5.69 Å². The van der Waals surface area contributed by atoms with Crippen LogP contribution in [0.25, 0.3) is 5.69 Å². The zero-order valence-electron chi connectivity index (χ0n) is 14.3. The van der Waals surface area contributed by atoms with Crippen LogP contribution in [0.4, 0.5) is 14.6 Å². The Bertz CT molecular complexity index is 999. The molecule has 27 heavy (non-hydrogen) atoms. The highest BCUT2D eigenvalue weighted by atomic mass is 35.5. The summed E-state index contributed by atoms with van der Waals surface area (Å²) in [4.78, 5) is 12.5. The number of hydrogen-bond acceptors (Lipinski definition) is 3. The van der Waals surface area contributed by atoms with E-state index in [0.717, 1.165) is 5.69 Å². The summed E-state index contributed by atoms with van der Waals surface area (Å²) in [5, 5.41) is 14.0. The summed E-state index contributed by atoms with van der Waals surface area (Å²) in [6, 6.07) is 8.65. The maximum atomic E-state index is 13.1. The number of hydrogen-bond donors (Lipinski definition) is 2. The van der Waals surface area contributed by atoms with Crippen molar-refractivity contribution in [1.29, 1.82) is 0 Å². The summed E-state index contributed by atoms with van der Waals surface area (Å²) in [5.74, 6) is -4.05. The van der Waals surface area contributed by atoms with Gasteiger partial charge in [0.05, 0.1) is 29.4 Å². The quantitative estimate of drug-likeness (QED) is 0.687. The maximum absolute atomic E-state index is 13.1. The number of aromatic nitrogens is 4. The van der Waals surface area contributed by atoms with Gasteiger partial charge >= 0.3 is 0 Å². The highest BCUT2D eigenvalue weighted by Crippen LogP contribution is 2.55. The van der Waals surface area contributed by atoms with Gasteiger partial charge in [-0.3, -0.25) is 9.89 Å². The van der Waals surface area contributed by atoms with E-state index in [4.69, 9.17) is 11.6 Å². The zero-order chi connectivity index (χ0) is 19.2. The van der Waals surface area contributed by atoms with Crippen molar-refractivity contribution in [3.05, 3.63) is 59.0 Å². The van der Waals surface area contributed by atoms with Gasteiger partial charge in [0.15, 0.2) is 0 Å². The fraction of sp³-hybridized carbons (Fsp3) is 0.278. The third-order valence-electron chi connectivity index (χ3n) is 4.61. The largest absolute Gasteiger partial charge is 0.311 e. The summed E-state index contributed by atoms with van der Waals surface area (Å²) < 4.78 is 27.9. The second kappa shape index (κ2) is 6.45. The molecule has 0 aliphatic heterocycles. The van der Waals surface area contributed by atoms with Gasteiger partial charge in [-0.25, -0.2) is 13.5 Å². The van der Waals surface area contributed by atoms with Gasteiger partial charge in [0.2, 0.25) is 5.91 Å². The van der Waals surface area contributed by atoms with Crippen LogP contribution < -0.4 is 5.32 Å². The van der Waals surface area contributed by atoms with E-state index in [-0.39, 0.29) is 18.0 Å². The zero-order valence-corrected chi connectivity index (χ0v) is 15.0. The van der Waals surface area contributed by atoms with Crippen molar-refractivity contribution in [2.75, 3.05) is 5.32 Å². The Labute approximate surface area is 158 Å². The van der Waals surface area contributed by atoms with E-state index in [1.54, 1.807) is 36.1 Å². The Morgan fingerprint density at radius 2 is 2.22 bits per heavy atom. The third kappa shape index (κ3) is 3.57. The molecule has 2 N–H and O–H groups in total. The molecule has 1 fully saturated rings. The summed E-state index contributed by atoms with van der Waals surface area (Å²) in [7, 11) is 0. The van der Waals surface area contributed by atoms with Crippen molar-refractivity contribution in [2.24, 2.45) is 0 Å². The van der Waals surface area contributed by atoms with Crippen molar-refractivity contribution in [1.82, 2.24) is 20.0 Å². The number of nitrogens with one attached hydrogen (secondary N) is 2. The number of halogens is 3. The minimum atomic E-state index is -2.70. The van der Waals surface area contributed by atoms with Gasteiger partial charge in [-0.15, -0.1) is 0 Å². The Balaban J connectivity index is 1.44. The second-order valence-electron chi connectivity index (χ2n) is 6.63. The van der Waals surface area contributed by atoms with Crippen LogP contribution in [0.1, 0.15) is 36.4 Å². The average Bonchev–Trinajstić information content (AvgIpc) is 3.03. The van der Waals surface area contributed by atoms with Crippen LogP contribution in [0.15, 0.2) is 42.7 Å². The smallest absolute Gasteiger partial charge is 0.257 e. The molecular formula is C18H16ClF2N5O. The minimum absolute atomic E-state index is 0.204. The molecular weight excluding hydrogens is 376 g/mol. The van der Waals surface area contributed by atoms with E-state index in [2.05, 4.69) is 20.6 Å². The molecule has 1 aliphatic rings. The predicted molar refractivity (Wildman–Crippen MR) is 96.5 cm³/mol. The van der Waals surface area contributed by atoms with Gasteiger partial charge in [0, 0.05) is 29.3 Å². The van der Waals surface area contributed by atoms with Gasteiger partial charge in [0.1, 0.15) is 5.82 Å². The third-order valence-corrected chi connectivity index (χ3v) is 4.84. The number of anilines is 1. The lowest BCUT2D eigenvalue weighted by atomic mass is 10.0. The molecule has 0 radical (unpaired) electrons. The highest BCUT2D eigenvalue weighted by molar-refractivity contribution is 6.30. The van der Waals surface area contributed by atoms with E-state index < -0.39 is 17.8 Å². The summed E-state index contributed by atoms with van der Waals surface area (Å²) >= 11 is 5.99. The number of H-pyrrole nitrogens is 1. The SMILES string of the molecule is C[C@H](C(=O)Nc1cc(C2CC2(F)F)n[nH]1)c1cnn(-c2cccc(Cl)c2)c1. The predicted octanol–water partition coefficient (Wildman–Crippen LogP) is 4.11. The van der Waals surface area contributed by atoms with Crippen LogP contribution in [0, 0.1) is 0 Å². The number of aromatic amines is 1. The molecule has 1 amide bonds. The van der Waals surface area contributed by atoms with Crippen molar-refractivity contribution in [3.63, 3.8) is 0 Å². The van der Waals surface area contributed by atoms with Crippen LogP contribution in [0.5, 0.6) is 0 Å².